The summed E-state index contributed by atoms with van der Waals surface area (Å²) in [5, 5.41) is 6.88. The molecule has 0 saturated carbocycles. The van der Waals surface area contributed by atoms with Gasteiger partial charge in [-0.25, -0.2) is 0 Å². The lowest BCUT2D eigenvalue weighted by Gasteiger charge is -2.11. The molecule has 2 nitrogen and oxygen atoms in total. The van der Waals surface area contributed by atoms with Gasteiger partial charge in [-0.15, -0.1) is 0 Å². The summed E-state index contributed by atoms with van der Waals surface area (Å²) >= 11 is 1.77. The third-order valence-electron chi connectivity index (χ3n) is 2.89. The van der Waals surface area contributed by atoms with Gasteiger partial charge in [0.05, 0.1) is 0 Å². The molecule has 16 heavy (non-hydrogen) atoms. The van der Waals surface area contributed by atoms with Gasteiger partial charge in [0.15, 0.2) is 11.6 Å². The van der Waals surface area contributed by atoms with E-state index < -0.39 is 0 Å². The van der Waals surface area contributed by atoms with Crippen molar-refractivity contribution < 1.29 is 4.68 Å². The van der Waals surface area contributed by atoms with Crippen molar-refractivity contribution in [2.45, 2.75) is 39.7 Å². The first-order valence-electron chi connectivity index (χ1n) is 6.00. The average Bonchev–Trinajstić information content (AvgIpc) is 2.68. The van der Waals surface area contributed by atoms with Gasteiger partial charge in [-0.2, -0.15) is 0 Å². The lowest BCUT2D eigenvalue weighted by molar-refractivity contribution is -0.747. The summed E-state index contributed by atoms with van der Waals surface area (Å²) < 4.78 is 2.08. The molecule has 1 aliphatic carbocycles. The molecule has 0 N–H and O–H groups in total. The van der Waals surface area contributed by atoms with E-state index in [0.717, 1.165) is 17.5 Å². The molecule has 86 valence electrons. The molecular weight excluding hydrogens is 216 g/mol. The van der Waals surface area contributed by atoms with E-state index in [-0.39, 0.29) is 0 Å². The first-order chi connectivity index (χ1) is 7.79. The molecule has 0 aromatic carbocycles. The average molecular weight is 235 g/mol. The predicted octanol–water partition coefficient (Wildman–Crippen LogP) is 3.13. The number of allylic oxidation sites excluding steroid dienone is 3. The molecule has 0 bridgehead atoms. The van der Waals surface area contributed by atoms with E-state index in [0.29, 0.717) is 0 Å². The molecule has 0 radical (unpaired) electrons. The third-order valence-corrected chi connectivity index (χ3v) is 3.82. The molecule has 1 heterocycles. The Morgan fingerprint density at radius 1 is 1.56 bits per heavy atom. The number of hydrogen-bond acceptors (Lipinski definition) is 2. The van der Waals surface area contributed by atoms with E-state index in [1.54, 1.807) is 11.3 Å². The summed E-state index contributed by atoms with van der Waals surface area (Å²) in [4.78, 5) is 0. The van der Waals surface area contributed by atoms with Gasteiger partial charge >= 0.3 is 0 Å². The molecule has 1 aliphatic rings. The second-order valence-corrected chi connectivity index (χ2v) is 5.39. The van der Waals surface area contributed by atoms with Crippen molar-refractivity contribution in [1.29, 1.82) is 0 Å². The van der Waals surface area contributed by atoms with Gasteiger partial charge in [0, 0.05) is 11.2 Å². The zero-order valence-electron chi connectivity index (χ0n) is 10.0. The molecule has 2 rings (SSSR count). The Labute approximate surface area is 101 Å². The summed E-state index contributed by atoms with van der Waals surface area (Å²) in [6, 6.07) is 0. The van der Waals surface area contributed by atoms with Crippen LogP contribution in [0.5, 0.6) is 0 Å². The van der Waals surface area contributed by atoms with Crippen LogP contribution in [0.15, 0.2) is 18.2 Å². The normalized spacial score (nSPS) is 20.8. The topological polar surface area (TPSA) is 16.8 Å². The van der Waals surface area contributed by atoms with Crippen LogP contribution in [0.25, 0.3) is 6.08 Å². The highest BCUT2D eigenvalue weighted by atomic mass is 32.1. The van der Waals surface area contributed by atoms with Gasteiger partial charge in [-0.1, -0.05) is 22.9 Å². The maximum Gasteiger partial charge on any atom is 0.288 e. The lowest BCUT2D eigenvalue weighted by atomic mass is 9.94. The third kappa shape index (κ3) is 2.79. The Morgan fingerprint density at radius 3 is 3.12 bits per heavy atom. The molecular formula is C13H19N2S+. The van der Waals surface area contributed by atoms with Crippen molar-refractivity contribution in [1.82, 2.24) is 5.10 Å². The maximum atomic E-state index is 4.46. The molecule has 1 aromatic rings. The fourth-order valence-corrected chi connectivity index (χ4v) is 2.86. The number of nitrogens with zero attached hydrogens (tertiary/aromatic N) is 2. The summed E-state index contributed by atoms with van der Waals surface area (Å²) in [5.41, 5.74) is 0. The zero-order chi connectivity index (χ0) is 11.4. The van der Waals surface area contributed by atoms with Crippen LogP contribution in [-0.4, -0.2) is 5.10 Å². The molecule has 1 atom stereocenters. The fourth-order valence-electron chi connectivity index (χ4n) is 2.00. The Balaban J connectivity index is 2.07. The summed E-state index contributed by atoms with van der Waals surface area (Å²) in [5.74, 6) is 0.720. The van der Waals surface area contributed by atoms with Crippen molar-refractivity contribution in [3.8, 4) is 0 Å². The summed E-state index contributed by atoms with van der Waals surface area (Å²) in [7, 11) is 0. The SMILES string of the molecule is CC[n+]1nc(C)sc1C=CC1CC=CCC1. The molecule has 1 aromatic heterocycles. The van der Waals surface area contributed by atoms with E-state index in [9.17, 15) is 0 Å². The van der Waals surface area contributed by atoms with E-state index in [4.69, 9.17) is 0 Å². The van der Waals surface area contributed by atoms with Crippen LogP contribution in [0.4, 0.5) is 0 Å². The van der Waals surface area contributed by atoms with Crippen LogP contribution in [0.1, 0.15) is 36.2 Å². The zero-order valence-corrected chi connectivity index (χ0v) is 10.8. The van der Waals surface area contributed by atoms with E-state index in [2.05, 4.69) is 47.9 Å². The van der Waals surface area contributed by atoms with E-state index >= 15 is 0 Å². The van der Waals surface area contributed by atoms with Crippen LogP contribution in [-0.2, 0) is 6.54 Å². The van der Waals surface area contributed by atoms with Crippen LogP contribution in [0.2, 0.25) is 0 Å². The molecule has 0 fully saturated rings. The molecule has 0 saturated heterocycles. The molecule has 0 aliphatic heterocycles. The molecule has 0 spiro atoms. The minimum Gasteiger partial charge on any atom is -0.0885 e. The van der Waals surface area contributed by atoms with Crippen molar-refractivity contribution in [2.24, 2.45) is 5.92 Å². The van der Waals surface area contributed by atoms with Gasteiger partial charge in [-0.3, -0.25) is 0 Å². The quantitative estimate of drug-likeness (QED) is 0.581. The molecule has 1 unspecified atom stereocenters. The maximum absolute atomic E-state index is 4.46. The fraction of sp³-hybridized carbons (Fsp3) is 0.538. The predicted molar refractivity (Wildman–Crippen MR) is 68.2 cm³/mol. The minimum absolute atomic E-state index is 0.720. The number of hydrogen-bond donors (Lipinski definition) is 0. The number of aryl methyl sites for hydroxylation is 2. The summed E-state index contributed by atoms with van der Waals surface area (Å²) in [6.07, 6.45) is 12.9. The van der Waals surface area contributed by atoms with Crippen molar-refractivity contribution in [2.75, 3.05) is 0 Å². The van der Waals surface area contributed by atoms with Crippen LogP contribution < -0.4 is 4.68 Å². The Bertz CT molecular complexity index is 404. The highest BCUT2D eigenvalue weighted by Crippen LogP contribution is 2.20. The highest BCUT2D eigenvalue weighted by molar-refractivity contribution is 7.11. The number of rotatable bonds is 3. The molecule has 0 amide bonds. The Kier molecular flexibility index (Phi) is 3.88. The van der Waals surface area contributed by atoms with Crippen molar-refractivity contribution in [3.63, 3.8) is 0 Å². The largest absolute Gasteiger partial charge is 0.288 e. The second kappa shape index (κ2) is 5.39. The highest BCUT2D eigenvalue weighted by Gasteiger charge is 2.13. The monoisotopic (exact) mass is 235 g/mol. The lowest BCUT2D eigenvalue weighted by Crippen LogP contribution is -2.36. The van der Waals surface area contributed by atoms with Gasteiger partial charge in [0.25, 0.3) is 5.01 Å². The van der Waals surface area contributed by atoms with Gasteiger partial charge in [-0.05, 0) is 50.4 Å². The van der Waals surface area contributed by atoms with Crippen LogP contribution >= 0.6 is 11.3 Å². The van der Waals surface area contributed by atoms with Crippen LogP contribution in [0.3, 0.4) is 0 Å². The van der Waals surface area contributed by atoms with E-state index in [1.807, 2.05) is 0 Å². The van der Waals surface area contributed by atoms with Crippen molar-refractivity contribution >= 4 is 17.4 Å². The number of aromatic nitrogens is 2. The summed E-state index contributed by atoms with van der Waals surface area (Å²) in [6.45, 7) is 5.16. The first-order valence-corrected chi connectivity index (χ1v) is 6.82. The standard InChI is InChI=1S/C13H19N2S/c1-3-15-13(16-11(2)14-15)10-9-12-7-5-4-6-8-12/h4-5,9-10,12H,3,6-8H2,1-2H3/q+1. The van der Waals surface area contributed by atoms with E-state index in [1.165, 1.54) is 24.3 Å². The smallest absolute Gasteiger partial charge is 0.0885 e. The minimum atomic E-state index is 0.720. The van der Waals surface area contributed by atoms with Crippen LogP contribution in [0, 0.1) is 12.8 Å². The first kappa shape index (κ1) is 11.5. The van der Waals surface area contributed by atoms with Gasteiger partial charge < -0.3 is 0 Å². The Morgan fingerprint density at radius 2 is 2.44 bits per heavy atom. The molecule has 3 heteroatoms. The Hall–Kier alpha value is -0.960. The van der Waals surface area contributed by atoms with Gasteiger partial charge in [0.2, 0.25) is 0 Å². The van der Waals surface area contributed by atoms with Gasteiger partial charge in [0.1, 0.15) is 0 Å². The second-order valence-electron chi connectivity index (χ2n) is 4.18. The van der Waals surface area contributed by atoms with Crippen molar-refractivity contribution in [3.05, 3.63) is 28.2 Å².